The van der Waals surface area contributed by atoms with Crippen molar-refractivity contribution in [3.8, 4) is 5.75 Å². The van der Waals surface area contributed by atoms with Gasteiger partial charge in [-0.1, -0.05) is 26.8 Å². The molecule has 0 aromatic heterocycles. The molecule has 0 fully saturated rings. The summed E-state index contributed by atoms with van der Waals surface area (Å²) in [6.45, 7) is 8.14. The zero-order valence-corrected chi connectivity index (χ0v) is 13.0. The van der Waals surface area contributed by atoms with Crippen LogP contribution >= 0.6 is 0 Å². The molecule has 0 aliphatic heterocycles. The topological polar surface area (TPSA) is 50.4 Å². The molecule has 0 heterocycles. The van der Waals surface area contributed by atoms with Crippen molar-refractivity contribution in [1.82, 2.24) is 10.6 Å². The smallest absolute Gasteiger partial charge is 0.257 e. The van der Waals surface area contributed by atoms with Crippen LogP contribution in [0.2, 0.25) is 0 Å². The van der Waals surface area contributed by atoms with E-state index < -0.39 is 5.82 Å². The summed E-state index contributed by atoms with van der Waals surface area (Å²) in [6.07, 6.45) is 0.859. The molecule has 0 bridgehead atoms. The average molecular weight is 296 g/mol. The van der Waals surface area contributed by atoms with Gasteiger partial charge in [0.2, 0.25) is 0 Å². The van der Waals surface area contributed by atoms with Crippen LogP contribution in [0.3, 0.4) is 0 Å². The third-order valence-corrected chi connectivity index (χ3v) is 2.81. The van der Waals surface area contributed by atoms with Crippen molar-refractivity contribution in [3.05, 3.63) is 29.6 Å². The highest BCUT2D eigenvalue weighted by molar-refractivity contribution is 5.77. The van der Waals surface area contributed by atoms with E-state index in [0.29, 0.717) is 19.0 Å². The summed E-state index contributed by atoms with van der Waals surface area (Å²) in [6, 6.07) is 4.80. The molecule has 1 amide bonds. The lowest BCUT2D eigenvalue weighted by molar-refractivity contribution is -0.123. The molecule has 0 aliphatic rings. The number of halogens is 1. The van der Waals surface area contributed by atoms with Crippen LogP contribution in [0.4, 0.5) is 4.39 Å². The molecule has 2 N–H and O–H groups in total. The first-order valence-corrected chi connectivity index (χ1v) is 7.41. The Morgan fingerprint density at radius 2 is 2.14 bits per heavy atom. The van der Waals surface area contributed by atoms with Crippen molar-refractivity contribution in [2.24, 2.45) is 5.92 Å². The van der Waals surface area contributed by atoms with E-state index in [-0.39, 0.29) is 18.3 Å². The van der Waals surface area contributed by atoms with Crippen LogP contribution in [0.15, 0.2) is 18.2 Å². The van der Waals surface area contributed by atoms with E-state index in [9.17, 15) is 9.18 Å². The highest BCUT2D eigenvalue weighted by Crippen LogP contribution is 2.18. The predicted molar refractivity (Wildman–Crippen MR) is 81.7 cm³/mol. The van der Waals surface area contributed by atoms with Crippen molar-refractivity contribution >= 4 is 5.91 Å². The van der Waals surface area contributed by atoms with Crippen LogP contribution < -0.4 is 15.4 Å². The Hall–Kier alpha value is -1.62. The SMILES string of the molecule is CCCNC(=O)COc1ccc(CNCC(C)C)cc1F. The van der Waals surface area contributed by atoms with Gasteiger partial charge in [-0.25, -0.2) is 4.39 Å². The highest BCUT2D eigenvalue weighted by Gasteiger charge is 2.07. The van der Waals surface area contributed by atoms with Gasteiger partial charge >= 0.3 is 0 Å². The molecular formula is C16H25FN2O2. The third-order valence-electron chi connectivity index (χ3n) is 2.81. The number of carbonyl (C=O) groups is 1. The van der Waals surface area contributed by atoms with Crippen LogP contribution in [-0.4, -0.2) is 25.6 Å². The second-order valence-electron chi connectivity index (χ2n) is 5.43. The molecule has 0 unspecified atom stereocenters. The number of hydrogen-bond donors (Lipinski definition) is 2. The molecule has 0 saturated heterocycles. The lowest BCUT2D eigenvalue weighted by Crippen LogP contribution is -2.29. The Labute approximate surface area is 126 Å². The lowest BCUT2D eigenvalue weighted by atomic mass is 10.2. The van der Waals surface area contributed by atoms with Gasteiger partial charge in [-0.15, -0.1) is 0 Å². The fourth-order valence-corrected chi connectivity index (χ4v) is 1.74. The maximum atomic E-state index is 13.9. The molecule has 0 saturated carbocycles. The minimum absolute atomic E-state index is 0.106. The molecule has 118 valence electrons. The Balaban J connectivity index is 2.44. The van der Waals surface area contributed by atoms with Crippen LogP contribution in [0.5, 0.6) is 5.75 Å². The second kappa shape index (κ2) is 9.34. The quantitative estimate of drug-likeness (QED) is 0.736. The number of ether oxygens (including phenoxy) is 1. The van der Waals surface area contributed by atoms with E-state index in [0.717, 1.165) is 18.5 Å². The Kier molecular flexibility index (Phi) is 7.75. The lowest BCUT2D eigenvalue weighted by Gasteiger charge is -2.10. The van der Waals surface area contributed by atoms with Gasteiger partial charge in [-0.05, 0) is 36.6 Å². The summed E-state index contributed by atoms with van der Waals surface area (Å²) in [5.74, 6) is -0.0191. The van der Waals surface area contributed by atoms with Gasteiger partial charge in [0.15, 0.2) is 18.2 Å². The van der Waals surface area contributed by atoms with Crippen molar-refractivity contribution in [2.45, 2.75) is 33.7 Å². The standard InChI is InChI=1S/C16H25FN2O2/c1-4-7-19-16(20)11-21-15-6-5-13(8-14(15)17)10-18-9-12(2)3/h5-6,8,12,18H,4,7,9-11H2,1-3H3,(H,19,20). The Morgan fingerprint density at radius 1 is 1.38 bits per heavy atom. The van der Waals surface area contributed by atoms with Crippen LogP contribution in [0, 0.1) is 11.7 Å². The predicted octanol–water partition coefficient (Wildman–Crippen LogP) is 2.48. The number of carbonyl (C=O) groups excluding carboxylic acids is 1. The van der Waals surface area contributed by atoms with Gasteiger partial charge in [0.25, 0.3) is 5.91 Å². The first kappa shape index (κ1) is 17.4. The number of nitrogens with one attached hydrogen (secondary N) is 2. The summed E-state index contributed by atoms with van der Waals surface area (Å²) in [4.78, 5) is 11.4. The maximum absolute atomic E-state index is 13.9. The number of amides is 1. The normalized spacial score (nSPS) is 10.7. The third kappa shape index (κ3) is 7.09. The van der Waals surface area contributed by atoms with Crippen LogP contribution in [0.25, 0.3) is 0 Å². The summed E-state index contributed by atoms with van der Waals surface area (Å²) in [5, 5.41) is 5.93. The van der Waals surface area contributed by atoms with Crippen LogP contribution in [0.1, 0.15) is 32.8 Å². The summed E-state index contributed by atoms with van der Waals surface area (Å²) in [7, 11) is 0. The number of benzene rings is 1. The monoisotopic (exact) mass is 296 g/mol. The fraction of sp³-hybridized carbons (Fsp3) is 0.562. The van der Waals surface area contributed by atoms with Gasteiger partial charge in [0, 0.05) is 13.1 Å². The molecule has 4 nitrogen and oxygen atoms in total. The van der Waals surface area contributed by atoms with Crippen molar-refractivity contribution < 1.29 is 13.9 Å². The van der Waals surface area contributed by atoms with Crippen molar-refractivity contribution in [1.29, 1.82) is 0 Å². The highest BCUT2D eigenvalue weighted by atomic mass is 19.1. The van der Waals surface area contributed by atoms with E-state index in [4.69, 9.17) is 4.74 Å². The zero-order valence-electron chi connectivity index (χ0n) is 13.0. The first-order valence-electron chi connectivity index (χ1n) is 7.41. The van der Waals surface area contributed by atoms with Gasteiger partial charge in [0.05, 0.1) is 0 Å². The molecule has 0 radical (unpaired) electrons. The van der Waals surface area contributed by atoms with Crippen molar-refractivity contribution in [2.75, 3.05) is 19.7 Å². The van der Waals surface area contributed by atoms with E-state index in [1.165, 1.54) is 6.07 Å². The Bertz CT molecular complexity index is 450. The van der Waals surface area contributed by atoms with E-state index in [2.05, 4.69) is 24.5 Å². The fourth-order valence-electron chi connectivity index (χ4n) is 1.74. The largest absolute Gasteiger partial charge is 0.481 e. The summed E-state index contributed by atoms with van der Waals surface area (Å²) in [5.41, 5.74) is 0.857. The Morgan fingerprint density at radius 3 is 2.76 bits per heavy atom. The number of rotatable bonds is 9. The van der Waals surface area contributed by atoms with Gasteiger partial charge in [-0.3, -0.25) is 4.79 Å². The summed E-state index contributed by atoms with van der Waals surface area (Å²) < 4.78 is 19.0. The minimum atomic E-state index is -0.442. The molecule has 0 spiro atoms. The van der Waals surface area contributed by atoms with E-state index in [1.807, 2.05) is 6.92 Å². The van der Waals surface area contributed by atoms with Crippen LogP contribution in [-0.2, 0) is 11.3 Å². The summed E-state index contributed by atoms with van der Waals surface area (Å²) >= 11 is 0. The first-order chi connectivity index (χ1) is 10.0. The van der Waals surface area contributed by atoms with E-state index >= 15 is 0 Å². The van der Waals surface area contributed by atoms with Gasteiger partial charge in [-0.2, -0.15) is 0 Å². The van der Waals surface area contributed by atoms with Gasteiger partial charge < -0.3 is 15.4 Å². The van der Waals surface area contributed by atoms with Gasteiger partial charge in [0.1, 0.15) is 0 Å². The second-order valence-corrected chi connectivity index (χ2v) is 5.43. The average Bonchev–Trinajstić information content (AvgIpc) is 2.43. The molecule has 1 aromatic rings. The molecule has 1 aromatic carbocycles. The van der Waals surface area contributed by atoms with E-state index in [1.54, 1.807) is 12.1 Å². The zero-order chi connectivity index (χ0) is 15.7. The molecule has 21 heavy (non-hydrogen) atoms. The maximum Gasteiger partial charge on any atom is 0.257 e. The molecule has 0 atom stereocenters. The molecule has 0 aliphatic carbocycles. The minimum Gasteiger partial charge on any atom is -0.481 e. The molecule has 5 heteroatoms. The van der Waals surface area contributed by atoms with Crippen molar-refractivity contribution in [3.63, 3.8) is 0 Å². The molecular weight excluding hydrogens is 271 g/mol. The molecule has 1 rings (SSSR count). The number of hydrogen-bond acceptors (Lipinski definition) is 3.